The summed E-state index contributed by atoms with van der Waals surface area (Å²) in [4.78, 5) is 27.0. The van der Waals surface area contributed by atoms with Crippen molar-refractivity contribution in [3.05, 3.63) is 51.6 Å². The number of fused-ring (bicyclic) bond motifs is 3. The Balaban J connectivity index is 1.66. The maximum absolute atomic E-state index is 13.6. The van der Waals surface area contributed by atoms with E-state index in [4.69, 9.17) is 19.9 Å². The standard InChI is InChI=1S/C26H29NO10/c1-10-21(29)13(27)6-16(36-10)37-15-8-26(34,9-28)7-12-18(15)25(33)20-19(23(12)31)22(30)11-4-3-5-14(35-2)17(11)24(20)32/h3-5,10,13,15-16,21,28-29,31,33-34H,6-9,27H2,1-2H3/t10-,13-,15-,16-,21+,26-/m0/s1. The van der Waals surface area contributed by atoms with Crippen LogP contribution in [-0.2, 0) is 15.9 Å². The highest BCUT2D eigenvalue weighted by Crippen LogP contribution is 2.52. The van der Waals surface area contributed by atoms with Crippen LogP contribution >= 0.6 is 0 Å². The second-order valence-electron chi connectivity index (χ2n) is 9.93. The Morgan fingerprint density at radius 1 is 1.14 bits per heavy atom. The average molecular weight is 516 g/mol. The SMILES string of the molecule is COc1cccc2c1C(=O)c1c(O)c3c(c(O)c1C2=O)C[C@@](O)(CO)C[C@@H]3O[C@H]1C[C@H](N)[C@H](O)[C@H](C)O1. The first-order chi connectivity index (χ1) is 17.5. The Kier molecular flexibility index (Phi) is 6.26. The van der Waals surface area contributed by atoms with Crippen molar-refractivity contribution >= 4 is 11.6 Å². The van der Waals surface area contributed by atoms with Crippen LogP contribution in [0.2, 0.25) is 0 Å². The molecule has 5 rings (SSSR count). The Hall–Kier alpha value is -3.06. The molecule has 11 heteroatoms. The number of ether oxygens (including phenoxy) is 3. The number of phenolic OH excluding ortho intramolecular Hbond substituents is 2. The summed E-state index contributed by atoms with van der Waals surface area (Å²) >= 11 is 0. The van der Waals surface area contributed by atoms with Gasteiger partial charge in [-0.25, -0.2) is 0 Å². The number of phenols is 2. The molecule has 0 spiro atoms. The molecule has 0 aromatic heterocycles. The fourth-order valence-electron chi connectivity index (χ4n) is 5.59. The first-order valence-corrected chi connectivity index (χ1v) is 12.0. The highest BCUT2D eigenvalue weighted by molar-refractivity contribution is 6.31. The van der Waals surface area contributed by atoms with Crippen LogP contribution in [0.3, 0.4) is 0 Å². The molecule has 1 heterocycles. The van der Waals surface area contributed by atoms with E-state index in [1.54, 1.807) is 6.92 Å². The lowest BCUT2D eigenvalue weighted by Gasteiger charge is -2.42. The molecule has 2 aromatic rings. The third kappa shape index (κ3) is 3.90. The van der Waals surface area contributed by atoms with Crippen LogP contribution in [0.4, 0.5) is 0 Å². The van der Waals surface area contributed by atoms with E-state index in [1.807, 2.05) is 0 Å². The van der Waals surface area contributed by atoms with Crippen LogP contribution in [0.5, 0.6) is 17.2 Å². The van der Waals surface area contributed by atoms with Crippen molar-refractivity contribution in [3.63, 3.8) is 0 Å². The average Bonchev–Trinajstić information content (AvgIpc) is 2.87. The van der Waals surface area contributed by atoms with Crippen molar-refractivity contribution in [2.75, 3.05) is 13.7 Å². The van der Waals surface area contributed by atoms with E-state index in [2.05, 4.69) is 0 Å². The Morgan fingerprint density at radius 3 is 2.49 bits per heavy atom. The van der Waals surface area contributed by atoms with Crippen LogP contribution < -0.4 is 10.5 Å². The molecule has 2 aliphatic carbocycles. The van der Waals surface area contributed by atoms with Crippen LogP contribution in [0.15, 0.2) is 18.2 Å². The van der Waals surface area contributed by atoms with Gasteiger partial charge in [-0.05, 0) is 13.0 Å². The number of aliphatic hydroxyl groups is 3. The van der Waals surface area contributed by atoms with Crippen LogP contribution in [0, 0.1) is 0 Å². The number of methoxy groups -OCH3 is 1. The molecule has 7 N–H and O–H groups in total. The van der Waals surface area contributed by atoms with Gasteiger partial charge in [0.25, 0.3) is 0 Å². The Labute approximate surface area is 212 Å². The smallest absolute Gasteiger partial charge is 0.202 e. The number of rotatable bonds is 4. The summed E-state index contributed by atoms with van der Waals surface area (Å²) in [5.74, 6) is -2.43. The van der Waals surface area contributed by atoms with Gasteiger partial charge in [-0.15, -0.1) is 0 Å². The molecule has 0 bridgehead atoms. The fourth-order valence-corrected chi connectivity index (χ4v) is 5.59. The predicted molar refractivity (Wildman–Crippen MR) is 127 cm³/mol. The number of ketones is 2. The molecule has 0 unspecified atom stereocenters. The second-order valence-corrected chi connectivity index (χ2v) is 9.93. The fraction of sp³-hybridized carbons (Fsp3) is 0.462. The van der Waals surface area contributed by atoms with E-state index >= 15 is 0 Å². The van der Waals surface area contributed by atoms with Gasteiger partial charge in [-0.1, -0.05) is 12.1 Å². The van der Waals surface area contributed by atoms with Gasteiger partial charge in [0.1, 0.15) is 17.2 Å². The number of nitrogens with two attached hydrogens (primary N) is 1. The van der Waals surface area contributed by atoms with E-state index in [0.29, 0.717) is 0 Å². The molecule has 198 valence electrons. The van der Waals surface area contributed by atoms with Gasteiger partial charge < -0.3 is 45.5 Å². The summed E-state index contributed by atoms with van der Waals surface area (Å²) in [6.07, 6.45) is -4.12. The molecule has 0 saturated carbocycles. The number of carbonyl (C=O) groups is 2. The van der Waals surface area contributed by atoms with Gasteiger partial charge in [0.2, 0.25) is 5.78 Å². The first-order valence-electron chi connectivity index (χ1n) is 12.0. The second kappa shape index (κ2) is 9.05. The van der Waals surface area contributed by atoms with Crippen molar-refractivity contribution in [1.82, 2.24) is 0 Å². The minimum atomic E-state index is -1.76. The third-order valence-electron chi connectivity index (χ3n) is 7.52. The maximum Gasteiger partial charge on any atom is 0.202 e. The third-order valence-corrected chi connectivity index (χ3v) is 7.52. The van der Waals surface area contributed by atoms with E-state index in [0.717, 1.165) is 0 Å². The Morgan fingerprint density at radius 2 is 1.84 bits per heavy atom. The number of benzene rings is 2. The number of hydrogen-bond donors (Lipinski definition) is 6. The van der Waals surface area contributed by atoms with E-state index in [1.165, 1.54) is 25.3 Å². The lowest BCUT2D eigenvalue weighted by Crippen LogP contribution is -2.52. The highest BCUT2D eigenvalue weighted by atomic mass is 16.7. The summed E-state index contributed by atoms with van der Waals surface area (Å²) < 4.78 is 17.0. The van der Waals surface area contributed by atoms with Crippen LogP contribution in [-0.4, -0.2) is 81.0 Å². The maximum atomic E-state index is 13.6. The van der Waals surface area contributed by atoms with Crippen molar-refractivity contribution in [2.45, 2.75) is 62.4 Å². The Bertz CT molecular complexity index is 1280. The molecule has 37 heavy (non-hydrogen) atoms. The molecule has 11 nitrogen and oxygen atoms in total. The molecule has 0 radical (unpaired) electrons. The van der Waals surface area contributed by atoms with Crippen molar-refractivity contribution in [3.8, 4) is 17.2 Å². The van der Waals surface area contributed by atoms with Crippen molar-refractivity contribution < 1.29 is 49.3 Å². The van der Waals surface area contributed by atoms with Crippen LogP contribution in [0.1, 0.15) is 68.8 Å². The van der Waals surface area contributed by atoms with Crippen LogP contribution in [0.25, 0.3) is 0 Å². The zero-order chi connectivity index (χ0) is 26.8. The lowest BCUT2D eigenvalue weighted by molar-refractivity contribution is -0.248. The predicted octanol–water partition coefficient (Wildman–Crippen LogP) is 0.432. The lowest BCUT2D eigenvalue weighted by atomic mass is 9.73. The summed E-state index contributed by atoms with van der Waals surface area (Å²) in [5.41, 5.74) is 3.40. The van der Waals surface area contributed by atoms with Crippen molar-refractivity contribution in [2.24, 2.45) is 5.73 Å². The number of hydrogen-bond acceptors (Lipinski definition) is 11. The van der Waals surface area contributed by atoms with Gasteiger partial charge in [-0.2, -0.15) is 0 Å². The van der Waals surface area contributed by atoms with E-state index in [-0.39, 0.29) is 47.3 Å². The number of carbonyl (C=O) groups excluding carboxylic acids is 2. The summed E-state index contributed by atoms with van der Waals surface area (Å²) in [5, 5.41) is 53.8. The zero-order valence-electron chi connectivity index (χ0n) is 20.3. The molecular formula is C26H29NO10. The van der Waals surface area contributed by atoms with E-state index < -0.39 is 77.0 Å². The monoisotopic (exact) mass is 515 g/mol. The van der Waals surface area contributed by atoms with E-state index in [9.17, 15) is 35.1 Å². The summed E-state index contributed by atoms with van der Waals surface area (Å²) in [7, 11) is 1.35. The molecular weight excluding hydrogens is 486 g/mol. The molecule has 1 saturated heterocycles. The zero-order valence-corrected chi connectivity index (χ0v) is 20.3. The van der Waals surface area contributed by atoms with Gasteiger partial charge in [-0.3, -0.25) is 9.59 Å². The molecule has 2 aromatic carbocycles. The minimum Gasteiger partial charge on any atom is -0.507 e. The minimum absolute atomic E-state index is 0.00432. The highest BCUT2D eigenvalue weighted by Gasteiger charge is 2.47. The molecule has 6 atom stereocenters. The van der Waals surface area contributed by atoms with Gasteiger partial charge in [0.15, 0.2) is 12.1 Å². The van der Waals surface area contributed by atoms with Gasteiger partial charge in [0, 0.05) is 42.0 Å². The normalized spacial score (nSPS) is 30.9. The number of aliphatic hydroxyl groups excluding tert-OH is 2. The summed E-state index contributed by atoms with van der Waals surface area (Å²) in [6, 6.07) is 3.80. The molecule has 1 fully saturated rings. The van der Waals surface area contributed by atoms with Gasteiger partial charge in [0.05, 0.1) is 54.3 Å². The summed E-state index contributed by atoms with van der Waals surface area (Å²) in [6.45, 7) is 0.921. The van der Waals surface area contributed by atoms with Crippen molar-refractivity contribution in [1.29, 1.82) is 0 Å². The molecule has 0 amide bonds. The quantitative estimate of drug-likeness (QED) is 0.264. The van der Waals surface area contributed by atoms with Gasteiger partial charge >= 0.3 is 0 Å². The first kappa shape index (κ1) is 25.6. The largest absolute Gasteiger partial charge is 0.507 e. The topological polar surface area (TPSA) is 189 Å². The molecule has 1 aliphatic heterocycles. The number of aromatic hydroxyl groups is 2. The molecule has 3 aliphatic rings.